The number of hydrogen-bond donors (Lipinski definition) is 2. The van der Waals surface area contributed by atoms with E-state index in [2.05, 4.69) is 15.4 Å². The zero-order valence-electron chi connectivity index (χ0n) is 5.01. The van der Waals surface area contributed by atoms with Gasteiger partial charge in [0.15, 0.2) is 0 Å². The summed E-state index contributed by atoms with van der Waals surface area (Å²) in [5, 5.41) is 8.43. The van der Waals surface area contributed by atoms with Gasteiger partial charge in [-0.25, -0.2) is 4.79 Å². The Morgan fingerprint density at radius 2 is 2.20 bits per heavy atom. The molecule has 0 fully saturated rings. The van der Waals surface area contributed by atoms with Gasteiger partial charge in [0.1, 0.15) is 6.10 Å². The maximum Gasteiger partial charge on any atom is 0.350 e. The Hall–Kier alpha value is -0.240. The fourth-order valence-electron chi connectivity index (χ4n) is 0.173. The Kier molecular flexibility index (Phi) is 3.16. The Bertz CT molecular complexity index is 215. The van der Waals surface area contributed by atoms with Crippen LogP contribution in [0, 0.1) is 0 Å². The Morgan fingerprint density at radius 1 is 1.80 bits per heavy atom. The second-order valence-corrected chi connectivity index (χ2v) is 3.79. The molecule has 0 saturated carbocycles. The number of aliphatic hydroxyl groups excluding tert-OH is 1. The van der Waals surface area contributed by atoms with Crippen molar-refractivity contribution in [3.8, 4) is 0 Å². The third kappa shape index (κ3) is 4.62. The summed E-state index contributed by atoms with van der Waals surface area (Å²) in [6, 6.07) is 0. The van der Waals surface area contributed by atoms with Gasteiger partial charge in [0, 0.05) is 0 Å². The van der Waals surface area contributed by atoms with Crippen LogP contribution in [0.4, 0.5) is 0 Å². The minimum Gasteiger partial charge on any atom is -0.382 e. The maximum absolute atomic E-state index is 10.3. The van der Waals surface area contributed by atoms with Crippen molar-refractivity contribution in [3.05, 3.63) is 0 Å². The highest BCUT2D eigenvalue weighted by atomic mass is 32.9. The number of hydrogen-bond acceptors (Lipinski definition) is 5. The van der Waals surface area contributed by atoms with Crippen LogP contribution >= 0.6 is 0 Å². The monoisotopic (exact) mass is 186 g/mol. The predicted molar refractivity (Wildman–Crippen MR) is 35.9 cm³/mol. The molecule has 2 N–H and O–H groups in total. The maximum atomic E-state index is 10.3. The molecular formula is C3H6O5S2. The van der Waals surface area contributed by atoms with Crippen LogP contribution in [-0.2, 0) is 29.2 Å². The SMILES string of the molecule is CC(O)C(=O)OS(=O)(O)=S. The molecule has 0 aromatic carbocycles. The van der Waals surface area contributed by atoms with Gasteiger partial charge in [-0.1, -0.05) is 0 Å². The molecule has 0 spiro atoms. The summed E-state index contributed by atoms with van der Waals surface area (Å²) in [5.41, 5.74) is 0. The van der Waals surface area contributed by atoms with Crippen LogP contribution < -0.4 is 0 Å². The van der Waals surface area contributed by atoms with E-state index < -0.39 is 21.1 Å². The fourth-order valence-corrected chi connectivity index (χ4v) is 0.721. The van der Waals surface area contributed by atoms with Crippen molar-refractivity contribution in [1.29, 1.82) is 0 Å². The summed E-state index contributed by atoms with van der Waals surface area (Å²) in [7, 11) is -3.94. The molecule has 7 heteroatoms. The highest BCUT2D eigenvalue weighted by Crippen LogP contribution is 1.92. The van der Waals surface area contributed by atoms with Crippen molar-refractivity contribution in [3.63, 3.8) is 0 Å². The lowest BCUT2D eigenvalue weighted by Gasteiger charge is -2.02. The lowest BCUT2D eigenvalue weighted by atomic mass is 10.4. The summed E-state index contributed by atoms with van der Waals surface area (Å²) < 4.78 is 22.1. The first-order chi connectivity index (χ1) is 4.33. The highest BCUT2D eigenvalue weighted by Gasteiger charge is 2.14. The van der Waals surface area contributed by atoms with Gasteiger partial charge in [0.05, 0.1) is 11.2 Å². The second kappa shape index (κ2) is 3.24. The average Bonchev–Trinajstić information content (AvgIpc) is 1.60. The fraction of sp³-hybridized carbons (Fsp3) is 0.667. The molecule has 5 nitrogen and oxygen atoms in total. The molecule has 0 aliphatic carbocycles. The minimum absolute atomic E-state index is 1.10. The van der Waals surface area contributed by atoms with E-state index in [0.29, 0.717) is 0 Å². The van der Waals surface area contributed by atoms with E-state index in [1.807, 2.05) is 0 Å². The smallest absolute Gasteiger partial charge is 0.350 e. The molecule has 0 bridgehead atoms. The number of carbonyl (C=O) groups is 1. The Morgan fingerprint density at radius 3 is 2.30 bits per heavy atom. The van der Waals surface area contributed by atoms with Crippen LogP contribution in [-0.4, -0.2) is 25.9 Å². The molecule has 10 heavy (non-hydrogen) atoms. The molecule has 0 aromatic rings. The molecule has 0 aromatic heterocycles. The second-order valence-electron chi connectivity index (χ2n) is 1.51. The van der Waals surface area contributed by atoms with Crippen LogP contribution in [0.3, 0.4) is 0 Å². The Labute approximate surface area is 62.7 Å². The molecule has 2 atom stereocenters. The first-order valence-electron chi connectivity index (χ1n) is 2.22. The minimum atomic E-state index is -3.94. The number of carbonyl (C=O) groups excluding carboxylic acids is 1. The van der Waals surface area contributed by atoms with E-state index in [1.54, 1.807) is 0 Å². The summed E-state index contributed by atoms with van der Waals surface area (Å²) in [5.74, 6) is -1.21. The summed E-state index contributed by atoms with van der Waals surface area (Å²) in [6.45, 7) is 1.10. The first-order valence-corrected chi connectivity index (χ1v) is 4.58. The molecule has 0 radical (unpaired) electrons. The van der Waals surface area contributed by atoms with E-state index in [4.69, 9.17) is 9.66 Å². The lowest BCUT2D eigenvalue weighted by molar-refractivity contribution is -0.142. The number of rotatable bonds is 2. The van der Waals surface area contributed by atoms with Gasteiger partial charge in [0.2, 0.25) is 0 Å². The van der Waals surface area contributed by atoms with Gasteiger partial charge in [0.25, 0.3) is 0 Å². The zero-order valence-corrected chi connectivity index (χ0v) is 6.65. The van der Waals surface area contributed by atoms with Crippen molar-refractivity contribution in [2.45, 2.75) is 13.0 Å². The van der Waals surface area contributed by atoms with Crippen molar-refractivity contribution < 1.29 is 22.8 Å². The normalized spacial score (nSPS) is 19.1. The van der Waals surface area contributed by atoms with Crippen molar-refractivity contribution in [1.82, 2.24) is 0 Å². The van der Waals surface area contributed by atoms with Gasteiger partial charge in [-0.05, 0) is 6.92 Å². The third-order valence-corrected chi connectivity index (χ3v) is 1.11. The summed E-state index contributed by atoms with van der Waals surface area (Å²) in [4.78, 5) is 10.3. The lowest BCUT2D eigenvalue weighted by Crippen LogP contribution is -2.21. The van der Waals surface area contributed by atoms with E-state index >= 15 is 0 Å². The topological polar surface area (TPSA) is 83.8 Å². The molecule has 0 rings (SSSR count). The van der Waals surface area contributed by atoms with Gasteiger partial charge in [-0.2, -0.15) is 4.21 Å². The third-order valence-electron chi connectivity index (χ3n) is 0.529. The van der Waals surface area contributed by atoms with Gasteiger partial charge >= 0.3 is 15.0 Å². The predicted octanol–water partition coefficient (Wildman–Crippen LogP) is -0.955. The standard InChI is InChI=1S/C3H6O5S2/c1-2(4)3(5)8-10(6,7)9/h2,4H,1H3,(H,6,7,9). The highest BCUT2D eigenvalue weighted by molar-refractivity contribution is 8.27. The van der Waals surface area contributed by atoms with Crippen molar-refractivity contribution >= 4 is 26.2 Å². The van der Waals surface area contributed by atoms with Crippen LogP contribution in [0.1, 0.15) is 6.92 Å². The van der Waals surface area contributed by atoms with Crippen molar-refractivity contribution in [2.75, 3.05) is 0 Å². The Balaban J connectivity index is 4.07. The van der Waals surface area contributed by atoms with Crippen LogP contribution in [0.25, 0.3) is 0 Å². The van der Waals surface area contributed by atoms with Gasteiger partial charge in [-0.3, -0.25) is 4.55 Å². The quantitative estimate of drug-likeness (QED) is 0.578. The summed E-state index contributed by atoms with van der Waals surface area (Å²) >= 11 is 3.81. The molecular weight excluding hydrogens is 180 g/mol. The molecule has 0 aliphatic rings. The molecule has 0 aliphatic heterocycles. The largest absolute Gasteiger partial charge is 0.382 e. The van der Waals surface area contributed by atoms with E-state index in [-0.39, 0.29) is 0 Å². The molecule has 0 amide bonds. The summed E-state index contributed by atoms with van der Waals surface area (Å²) in [6.07, 6.45) is -1.43. The molecule has 2 unspecified atom stereocenters. The van der Waals surface area contributed by atoms with Gasteiger partial charge in [-0.15, -0.1) is 0 Å². The first kappa shape index (κ1) is 9.76. The van der Waals surface area contributed by atoms with Crippen LogP contribution in [0.5, 0.6) is 0 Å². The number of aliphatic hydroxyl groups is 1. The van der Waals surface area contributed by atoms with E-state index in [9.17, 15) is 9.00 Å². The van der Waals surface area contributed by atoms with E-state index in [0.717, 1.165) is 6.92 Å². The molecule has 0 heterocycles. The molecule has 60 valence electrons. The van der Waals surface area contributed by atoms with E-state index in [1.165, 1.54) is 0 Å². The van der Waals surface area contributed by atoms with Crippen LogP contribution in [0.2, 0.25) is 0 Å². The molecule has 0 saturated heterocycles. The average molecular weight is 186 g/mol. The van der Waals surface area contributed by atoms with Gasteiger partial charge < -0.3 is 9.29 Å². The zero-order chi connectivity index (χ0) is 8.36. The van der Waals surface area contributed by atoms with Crippen molar-refractivity contribution in [2.24, 2.45) is 0 Å². The van der Waals surface area contributed by atoms with Crippen LogP contribution in [0.15, 0.2) is 0 Å².